The molecule has 0 aliphatic carbocycles. The van der Waals surface area contributed by atoms with E-state index in [-0.39, 0.29) is 18.3 Å². The van der Waals surface area contributed by atoms with E-state index in [0.29, 0.717) is 11.3 Å². The maximum atomic E-state index is 12.0. The van der Waals surface area contributed by atoms with E-state index in [1.165, 1.54) is 0 Å². The van der Waals surface area contributed by atoms with Crippen molar-refractivity contribution >= 4 is 5.91 Å². The van der Waals surface area contributed by atoms with Gasteiger partial charge in [-0.3, -0.25) is 4.79 Å². The Bertz CT molecular complexity index is 454. The molecule has 1 saturated heterocycles. The molecule has 5 heteroatoms. The number of carbonyl (C=O) groups excluding carboxylic acids is 1. The Morgan fingerprint density at radius 2 is 2.00 bits per heavy atom. The number of ether oxygens (including phenoxy) is 1. The van der Waals surface area contributed by atoms with Crippen LogP contribution in [0.15, 0.2) is 18.2 Å². The number of phenolic OH excluding ortho intramolecular Hbond substituents is 1. The van der Waals surface area contributed by atoms with Gasteiger partial charge in [0.25, 0.3) is 5.91 Å². The molecule has 2 rings (SSSR count). The smallest absolute Gasteiger partial charge is 0.260 e. The van der Waals surface area contributed by atoms with Crippen LogP contribution in [0.2, 0.25) is 0 Å². The first-order valence-corrected chi connectivity index (χ1v) is 6.45. The first-order valence-electron chi connectivity index (χ1n) is 6.45. The average molecular weight is 264 g/mol. The summed E-state index contributed by atoms with van der Waals surface area (Å²) in [6, 6.07) is 5.06. The van der Waals surface area contributed by atoms with E-state index in [0.717, 1.165) is 26.2 Å². The Balaban J connectivity index is 1.88. The lowest BCUT2D eigenvalue weighted by Gasteiger charge is -2.32. The molecule has 1 N–H and O–H groups in total. The third kappa shape index (κ3) is 3.38. The van der Waals surface area contributed by atoms with Crippen molar-refractivity contribution in [2.45, 2.75) is 6.92 Å². The number of nitrogens with zero attached hydrogens (tertiary/aromatic N) is 2. The highest BCUT2D eigenvalue weighted by Crippen LogP contribution is 2.25. The Morgan fingerprint density at radius 1 is 1.32 bits per heavy atom. The summed E-state index contributed by atoms with van der Waals surface area (Å²) in [6.45, 7) is 5.09. The SMILES string of the molecule is Cc1c(O)cccc1OCC(=O)N1CCN(C)CC1. The summed E-state index contributed by atoms with van der Waals surface area (Å²) in [6.07, 6.45) is 0. The molecule has 1 aromatic rings. The summed E-state index contributed by atoms with van der Waals surface area (Å²) in [5.41, 5.74) is 0.661. The Labute approximate surface area is 113 Å². The topological polar surface area (TPSA) is 53.0 Å². The third-order valence-corrected chi connectivity index (χ3v) is 3.46. The number of rotatable bonds is 3. The number of hydrogen-bond acceptors (Lipinski definition) is 4. The van der Waals surface area contributed by atoms with Crippen molar-refractivity contribution in [3.63, 3.8) is 0 Å². The van der Waals surface area contributed by atoms with E-state index < -0.39 is 0 Å². The summed E-state index contributed by atoms with van der Waals surface area (Å²) in [5, 5.41) is 9.56. The van der Waals surface area contributed by atoms with E-state index >= 15 is 0 Å². The van der Waals surface area contributed by atoms with Crippen LogP contribution in [0, 0.1) is 6.92 Å². The van der Waals surface area contributed by atoms with Gasteiger partial charge < -0.3 is 19.6 Å². The molecule has 19 heavy (non-hydrogen) atoms. The molecular formula is C14H20N2O3. The molecule has 0 saturated carbocycles. The Morgan fingerprint density at radius 3 is 2.68 bits per heavy atom. The van der Waals surface area contributed by atoms with Crippen LogP contribution in [0.1, 0.15) is 5.56 Å². The number of hydrogen-bond donors (Lipinski definition) is 1. The van der Waals surface area contributed by atoms with Crippen molar-refractivity contribution in [1.29, 1.82) is 0 Å². The van der Waals surface area contributed by atoms with Gasteiger partial charge in [-0.2, -0.15) is 0 Å². The molecule has 0 bridgehead atoms. The van der Waals surface area contributed by atoms with Crippen molar-refractivity contribution in [3.8, 4) is 11.5 Å². The summed E-state index contributed by atoms with van der Waals surface area (Å²) in [7, 11) is 2.05. The number of amides is 1. The number of phenols is 1. The lowest BCUT2D eigenvalue weighted by atomic mass is 10.2. The molecule has 1 aromatic carbocycles. The quantitative estimate of drug-likeness (QED) is 0.879. The minimum atomic E-state index is -0.00385. The molecule has 0 radical (unpaired) electrons. The van der Waals surface area contributed by atoms with Gasteiger partial charge in [0, 0.05) is 31.7 Å². The fourth-order valence-corrected chi connectivity index (χ4v) is 2.05. The zero-order valence-electron chi connectivity index (χ0n) is 11.4. The minimum Gasteiger partial charge on any atom is -0.508 e. The monoisotopic (exact) mass is 264 g/mol. The van der Waals surface area contributed by atoms with Crippen LogP contribution in [0.4, 0.5) is 0 Å². The van der Waals surface area contributed by atoms with Crippen LogP contribution in [-0.4, -0.2) is 60.6 Å². The van der Waals surface area contributed by atoms with Gasteiger partial charge in [0.05, 0.1) is 0 Å². The van der Waals surface area contributed by atoms with Gasteiger partial charge in [0.2, 0.25) is 0 Å². The second kappa shape index (κ2) is 5.93. The van der Waals surface area contributed by atoms with E-state index in [2.05, 4.69) is 11.9 Å². The molecule has 5 nitrogen and oxygen atoms in total. The predicted octanol–water partition coefficient (Wildman–Crippen LogP) is 0.853. The van der Waals surface area contributed by atoms with Gasteiger partial charge in [0.15, 0.2) is 6.61 Å². The van der Waals surface area contributed by atoms with Crippen LogP contribution in [0.25, 0.3) is 0 Å². The van der Waals surface area contributed by atoms with Crippen LogP contribution in [0.3, 0.4) is 0 Å². The van der Waals surface area contributed by atoms with Crippen molar-refractivity contribution in [1.82, 2.24) is 9.80 Å². The molecule has 0 spiro atoms. The zero-order chi connectivity index (χ0) is 13.8. The Hall–Kier alpha value is -1.75. The fourth-order valence-electron chi connectivity index (χ4n) is 2.05. The normalized spacial score (nSPS) is 16.4. The summed E-state index contributed by atoms with van der Waals surface area (Å²) in [5.74, 6) is 0.739. The van der Waals surface area contributed by atoms with Crippen LogP contribution in [0.5, 0.6) is 11.5 Å². The summed E-state index contributed by atoms with van der Waals surface area (Å²) in [4.78, 5) is 16.0. The van der Waals surface area contributed by atoms with Crippen LogP contribution >= 0.6 is 0 Å². The molecule has 1 aliphatic rings. The number of piperazine rings is 1. The lowest BCUT2D eigenvalue weighted by molar-refractivity contribution is -0.134. The molecule has 1 amide bonds. The Kier molecular flexibility index (Phi) is 4.27. The molecule has 1 heterocycles. The summed E-state index contributed by atoms with van der Waals surface area (Å²) >= 11 is 0. The van der Waals surface area contributed by atoms with E-state index in [1.54, 1.807) is 25.1 Å². The summed E-state index contributed by atoms with van der Waals surface area (Å²) < 4.78 is 5.49. The van der Waals surface area contributed by atoms with Gasteiger partial charge in [-0.1, -0.05) is 6.07 Å². The van der Waals surface area contributed by atoms with Crippen molar-refractivity contribution in [3.05, 3.63) is 23.8 Å². The number of likely N-dealkylation sites (N-methyl/N-ethyl adjacent to an activating group) is 1. The van der Waals surface area contributed by atoms with E-state index in [9.17, 15) is 9.90 Å². The molecule has 0 aromatic heterocycles. The third-order valence-electron chi connectivity index (χ3n) is 3.46. The lowest BCUT2D eigenvalue weighted by Crippen LogP contribution is -2.48. The van der Waals surface area contributed by atoms with Crippen molar-refractivity contribution < 1.29 is 14.6 Å². The second-order valence-electron chi connectivity index (χ2n) is 4.87. The van der Waals surface area contributed by atoms with Crippen molar-refractivity contribution in [2.75, 3.05) is 39.8 Å². The van der Waals surface area contributed by atoms with Crippen LogP contribution < -0.4 is 4.74 Å². The van der Waals surface area contributed by atoms with Gasteiger partial charge in [-0.25, -0.2) is 0 Å². The maximum Gasteiger partial charge on any atom is 0.260 e. The molecule has 1 aliphatic heterocycles. The first kappa shape index (κ1) is 13.7. The second-order valence-corrected chi connectivity index (χ2v) is 4.87. The number of carbonyl (C=O) groups is 1. The number of aromatic hydroxyl groups is 1. The maximum absolute atomic E-state index is 12.0. The zero-order valence-corrected chi connectivity index (χ0v) is 11.4. The molecule has 0 atom stereocenters. The highest BCUT2D eigenvalue weighted by molar-refractivity contribution is 5.78. The first-order chi connectivity index (χ1) is 9.08. The molecule has 0 unspecified atom stereocenters. The standard InChI is InChI=1S/C14H20N2O3/c1-11-12(17)4-3-5-13(11)19-10-14(18)16-8-6-15(2)7-9-16/h3-5,17H,6-10H2,1-2H3. The number of benzene rings is 1. The largest absolute Gasteiger partial charge is 0.508 e. The molecule has 104 valence electrons. The van der Waals surface area contributed by atoms with Gasteiger partial charge in [0.1, 0.15) is 11.5 Å². The molecule has 1 fully saturated rings. The predicted molar refractivity (Wildman–Crippen MR) is 72.4 cm³/mol. The fraction of sp³-hybridized carbons (Fsp3) is 0.500. The highest BCUT2D eigenvalue weighted by Gasteiger charge is 2.19. The van der Waals surface area contributed by atoms with Gasteiger partial charge in [-0.15, -0.1) is 0 Å². The minimum absolute atomic E-state index is 0.00385. The van der Waals surface area contributed by atoms with Gasteiger partial charge in [-0.05, 0) is 26.1 Å². The van der Waals surface area contributed by atoms with E-state index in [1.807, 2.05) is 4.90 Å². The highest BCUT2D eigenvalue weighted by atomic mass is 16.5. The van der Waals surface area contributed by atoms with Crippen molar-refractivity contribution in [2.24, 2.45) is 0 Å². The van der Waals surface area contributed by atoms with E-state index in [4.69, 9.17) is 4.74 Å². The van der Waals surface area contributed by atoms with Gasteiger partial charge >= 0.3 is 0 Å². The van der Waals surface area contributed by atoms with Crippen LogP contribution in [-0.2, 0) is 4.79 Å². The average Bonchev–Trinajstić information content (AvgIpc) is 2.41. The molecular weight excluding hydrogens is 244 g/mol.